The zero-order valence-corrected chi connectivity index (χ0v) is 23.6. The fourth-order valence-electron chi connectivity index (χ4n) is 5.81. The number of fused-ring (bicyclic) bond motifs is 3. The standard InChI is InChI=1S/C33H33FN2O7/c1-42-27-16-22(19-38)15-24-29-25(33(41)35-11-13-37)18-26(30(40)32(29)43-31(24)27)36(12-10-21-8-5-9-23(34)14-21)28(39)17-20-6-3-2-4-7-20/h2-9,14-16,18-19,26,29-30,32,37,40H,10-13,17H2,1H3,(H,35,41). The van der Waals surface area contributed by atoms with Crippen molar-refractivity contribution in [2.45, 2.75) is 37.0 Å². The zero-order valence-electron chi connectivity index (χ0n) is 23.6. The van der Waals surface area contributed by atoms with Crippen molar-refractivity contribution in [1.29, 1.82) is 0 Å². The van der Waals surface area contributed by atoms with Gasteiger partial charge in [0.25, 0.3) is 0 Å². The van der Waals surface area contributed by atoms with Crippen LogP contribution < -0.4 is 14.8 Å². The van der Waals surface area contributed by atoms with Gasteiger partial charge >= 0.3 is 0 Å². The summed E-state index contributed by atoms with van der Waals surface area (Å²) >= 11 is 0. The lowest BCUT2D eigenvalue weighted by Gasteiger charge is -2.41. The molecule has 0 bridgehead atoms. The van der Waals surface area contributed by atoms with E-state index in [0.29, 0.717) is 35.1 Å². The second-order valence-corrected chi connectivity index (χ2v) is 10.5. The first-order valence-electron chi connectivity index (χ1n) is 14.0. The van der Waals surface area contributed by atoms with Crippen LogP contribution in [0.5, 0.6) is 11.5 Å². The van der Waals surface area contributed by atoms with Gasteiger partial charge in [0.1, 0.15) is 24.3 Å². The average Bonchev–Trinajstić information content (AvgIpc) is 3.41. The second kappa shape index (κ2) is 13.2. The van der Waals surface area contributed by atoms with Gasteiger partial charge < -0.3 is 29.9 Å². The smallest absolute Gasteiger partial charge is 0.247 e. The Morgan fingerprint density at radius 1 is 1.09 bits per heavy atom. The molecule has 4 unspecified atom stereocenters. The third-order valence-corrected chi connectivity index (χ3v) is 7.82. The molecule has 4 atom stereocenters. The van der Waals surface area contributed by atoms with Crippen molar-refractivity contribution in [1.82, 2.24) is 10.2 Å². The van der Waals surface area contributed by atoms with E-state index in [1.165, 1.54) is 30.2 Å². The Bertz CT molecular complexity index is 1530. The van der Waals surface area contributed by atoms with Crippen molar-refractivity contribution in [3.63, 3.8) is 0 Å². The summed E-state index contributed by atoms with van der Waals surface area (Å²) in [6, 6.07) is 17.4. The molecule has 3 N–H and O–H groups in total. The molecular formula is C33H33FN2O7. The Hall–Kier alpha value is -4.54. The lowest BCUT2D eigenvalue weighted by atomic mass is 9.77. The highest BCUT2D eigenvalue weighted by Gasteiger charge is 2.51. The molecule has 9 nitrogen and oxygen atoms in total. The van der Waals surface area contributed by atoms with Gasteiger partial charge in [0.2, 0.25) is 11.8 Å². The number of carbonyl (C=O) groups is 3. The maximum atomic E-state index is 13.9. The summed E-state index contributed by atoms with van der Waals surface area (Å²) in [5, 5.41) is 23.8. The van der Waals surface area contributed by atoms with E-state index in [-0.39, 0.29) is 43.3 Å². The van der Waals surface area contributed by atoms with Gasteiger partial charge in [-0.05, 0) is 47.9 Å². The van der Waals surface area contributed by atoms with Crippen LogP contribution in [0.3, 0.4) is 0 Å². The van der Waals surface area contributed by atoms with Crippen LogP contribution in [0.15, 0.2) is 78.4 Å². The molecule has 2 amide bonds. The molecule has 0 saturated heterocycles. The molecule has 1 aliphatic carbocycles. The van der Waals surface area contributed by atoms with Crippen molar-refractivity contribution < 1.29 is 38.5 Å². The van der Waals surface area contributed by atoms with Crippen LogP contribution in [0.25, 0.3) is 0 Å². The number of halogens is 1. The topological polar surface area (TPSA) is 125 Å². The van der Waals surface area contributed by atoms with Gasteiger partial charge in [-0.25, -0.2) is 4.39 Å². The van der Waals surface area contributed by atoms with E-state index >= 15 is 0 Å². The molecule has 10 heteroatoms. The quantitative estimate of drug-likeness (QED) is 0.294. The van der Waals surface area contributed by atoms with Crippen LogP contribution in [0.1, 0.15) is 33.0 Å². The highest BCUT2D eigenvalue weighted by Crippen LogP contribution is 2.51. The summed E-state index contributed by atoms with van der Waals surface area (Å²) in [6.07, 6.45) is 0.293. The first-order chi connectivity index (χ1) is 20.8. The number of nitrogens with zero attached hydrogens (tertiary/aromatic N) is 1. The van der Waals surface area contributed by atoms with Crippen LogP contribution in [-0.4, -0.2) is 78.3 Å². The van der Waals surface area contributed by atoms with Crippen molar-refractivity contribution >= 4 is 18.1 Å². The van der Waals surface area contributed by atoms with Crippen molar-refractivity contribution in [2.24, 2.45) is 0 Å². The predicted octanol–water partition coefficient (Wildman–Crippen LogP) is 2.58. The number of hydrogen-bond donors (Lipinski definition) is 3. The molecule has 3 aromatic rings. The molecule has 0 fully saturated rings. The molecule has 0 saturated carbocycles. The van der Waals surface area contributed by atoms with E-state index in [2.05, 4.69) is 5.32 Å². The van der Waals surface area contributed by atoms with E-state index in [1.807, 2.05) is 30.3 Å². The maximum Gasteiger partial charge on any atom is 0.247 e. The van der Waals surface area contributed by atoms with Gasteiger partial charge in [0, 0.05) is 29.8 Å². The number of rotatable bonds is 11. The molecule has 0 spiro atoms. The zero-order chi connectivity index (χ0) is 30.5. The van der Waals surface area contributed by atoms with Crippen LogP contribution in [0.4, 0.5) is 4.39 Å². The Labute approximate surface area is 248 Å². The third-order valence-electron chi connectivity index (χ3n) is 7.82. The number of methoxy groups -OCH3 is 1. The van der Waals surface area contributed by atoms with Gasteiger partial charge in [-0.15, -0.1) is 0 Å². The number of hydrogen-bond acceptors (Lipinski definition) is 7. The minimum absolute atomic E-state index is 0.0115. The summed E-state index contributed by atoms with van der Waals surface area (Å²) in [5.41, 5.74) is 2.46. The molecular weight excluding hydrogens is 555 g/mol. The fourth-order valence-corrected chi connectivity index (χ4v) is 5.81. The predicted molar refractivity (Wildman–Crippen MR) is 155 cm³/mol. The summed E-state index contributed by atoms with van der Waals surface area (Å²) in [5.74, 6) is -1.41. The molecule has 224 valence electrons. The molecule has 0 radical (unpaired) electrons. The first kappa shape index (κ1) is 29.9. The van der Waals surface area contributed by atoms with Gasteiger partial charge in [0.15, 0.2) is 11.5 Å². The number of benzene rings is 3. The number of aliphatic hydroxyl groups excluding tert-OH is 2. The SMILES string of the molecule is COc1cc(C=O)cc2c1OC1C2C(C(=O)NCCO)=CC(N(CCc2cccc(F)c2)C(=O)Cc2ccccc2)C1O. The summed E-state index contributed by atoms with van der Waals surface area (Å²) in [4.78, 5) is 40.6. The summed E-state index contributed by atoms with van der Waals surface area (Å²) in [7, 11) is 1.43. The number of nitrogens with one attached hydrogen (secondary N) is 1. The van der Waals surface area contributed by atoms with E-state index in [9.17, 15) is 29.0 Å². The van der Waals surface area contributed by atoms with Crippen LogP contribution in [0.2, 0.25) is 0 Å². The number of aliphatic hydroxyl groups is 2. The lowest BCUT2D eigenvalue weighted by Crippen LogP contribution is -2.56. The maximum absolute atomic E-state index is 13.9. The van der Waals surface area contributed by atoms with Crippen molar-refractivity contribution in [3.8, 4) is 11.5 Å². The van der Waals surface area contributed by atoms with E-state index in [4.69, 9.17) is 9.47 Å². The van der Waals surface area contributed by atoms with E-state index in [0.717, 1.165) is 5.56 Å². The van der Waals surface area contributed by atoms with Gasteiger partial charge in [-0.1, -0.05) is 42.5 Å². The van der Waals surface area contributed by atoms with Crippen molar-refractivity contribution in [2.75, 3.05) is 26.8 Å². The lowest BCUT2D eigenvalue weighted by molar-refractivity contribution is -0.136. The van der Waals surface area contributed by atoms with Crippen LogP contribution in [0, 0.1) is 5.82 Å². The monoisotopic (exact) mass is 588 g/mol. The minimum atomic E-state index is -1.27. The minimum Gasteiger partial charge on any atom is -0.493 e. The number of carbonyl (C=O) groups excluding carboxylic acids is 3. The normalized spacial score (nSPS) is 20.2. The molecule has 1 aliphatic heterocycles. The van der Waals surface area contributed by atoms with Crippen LogP contribution >= 0.6 is 0 Å². The Morgan fingerprint density at radius 3 is 2.56 bits per heavy atom. The highest BCUT2D eigenvalue weighted by atomic mass is 19.1. The fraction of sp³-hybridized carbons (Fsp3) is 0.303. The Balaban J connectivity index is 1.56. The van der Waals surface area contributed by atoms with Crippen LogP contribution in [-0.2, 0) is 22.4 Å². The average molecular weight is 589 g/mol. The van der Waals surface area contributed by atoms with Gasteiger partial charge in [-0.3, -0.25) is 14.4 Å². The highest BCUT2D eigenvalue weighted by molar-refractivity contribution is 5.96. The summed E-state index contributed by atoms with van der Waals surface area (Å²) in [6.45, 7) is -0.172. The number of aldehydes is 1. The molecule has 3 aromatic carbocycles. The van der Waals surface area contributed by atoms with Crippen molar-refractivity contribution in [3.05, 3.63) is 106 Å². The van der Waals surface area contributed by atoms with Gasteiger partial charge in [-0.2, -0.15) is 0 Å². The summed E-state index contributed by atoms with van der Waals surface area (Å²) < 4.78 is 25.6. The van der Waals surface area contributed by atoms with Gasteiger partial charge in [0.05, 0.1) is 32.1 Å². The molecule has 2 aliphatic rings. The first-order valence-corrected chi connectivity index (χ1v) is 14.0. The van der Waals surface area contributed by atoms with E-state index in [1.54, 1.807) is 24.3 Å². The molecule has 1 heterocycles. The number of ether oxygens (including phenoxy) is 2. The second-order valence-electron chi connectivity index (χ2n) is 10.5. The largest absolute Gasteiger partial charge is 0.493 e. The van der Waals surface area contributed by atoms with E-state index < -0.39 is 35.9 Å². The Morgan fingerprint density at radius 2 is 1.86 bits per heavy atom. The number of amides is 2. The molecule has 43 heavy (non-hydrogen) atoms. The Kier molecular flexibility index (Phi) is 9.18. The molecule has 5 rings (SSSR count). The molecule has 0 aromatic heterocycles. The third kappa shape index (κ3) is 6.30.